The number of amides is 1. The first-order chi connectivity index (χ1) is 16.2. The van der Waals surface area contributed by atoms with E-state index in [4.69, 9.17) is 9.47 Å². The number of ether oxygens (including phenoxy) is 2. The molecule has 172 valence electrons. The Morgan fingerprint density at radius 3 is 2.64 bits per heavy atom. The zero-order valence-corrected chi connectivity index (χ0v) is 19.8. The predicted molar refractivity (Wildman–Crippen MR) is 129 cm³/mol. The van der Waals surface area contributed by atoms with Gasteiger partial charge in [0.15, 0.2) is 0 Å². The molecule has 6 nitrogen and oxygen atoms in total. The summed E-state index contributed by atoms with van der Waals surface area (Å²) < 4.78 is 11.6. The molecule has 0 radical (unpaired) electrons. The van der Waals surface area contributed by atoms with Gasteiger partial charge in [0.2, 0.25) is 0 Å². The van der Waals surface area contributed by atoms with E-state index in [0.717, 1.165) is 43.0 Å². The van der Waals surface area contributed by atoms with Gasteiger partial charge in [-0.1, -0.05) is 36.4 Å². The van der Waals surface area contributed by atoms with Crippen molar-refractivity contribution in [1.29, 1.82) is 0 Å². The molecule has 1 amide bonds. The summed E-state index contributed by atoms with van der Waals surface area (Å²) in [5.41, 5.74) is 2.87. The van der Waals surface area contributed by atoms with Crippen LogP contribution in [0.1, 0.15) is 45.4 Å². The molecule has 33 heavy (non-hydrogen) atoms. The van der Waals surface area contributed by atoms with Gasteiger partial charge in [0, 0.05) is 24.1 Å². The SMILES string of the molecule is COc1ccccc1C(=O)N[C@@H]1c2ccccc2C2(CCN(Cc3nccs3)CC2)[C@H]1OC. The van der Waals surface area contributed by atoms with Crippen LogP contribution in [0.15, 0.2) is 60.1 Å². The second-order valence-electron chi connectivity index (χ2n) is 8.75. The van der Waals surface area contributed by atoms with Crippen LogP contribution in [0.5, 0.6) is 5.75 Å². The van der Waals surface area contributed by atoms with Gasteiger partial charge in [-0.05, 0) is 49.2 Å². The standard InChI is InChI=1S/C26H29N3O3S/c1-31-21-10-6-4-8-19(21)25(30)28-23-18-7-3-5-9-20(18)26(24(23)32-2)11-14-29(15-12-26)17-22-27-13-16-33-22/h3-10,13,16,23-24H,11-12,14-15,17H2,1-2H3,(H,28,30)/t23-,24+/m1/s1. The minimum Gasteiger partial charge on any atom is -0.496 e. The number of hydrogen-bond donors (Lipinski definition) is 1. The Hall–Kier alpha value is -2.74. The van der Waals surface area contributed by atoms with Gasteiger partial charge < -0.3 is 14.8 Å². The molecule has 1 saturated heterocycles. The molecule has 1 N–H and O–H groups in total. The van der Waals surface area contributed by atoms with Crippen molar-refractivity contribution in [1.82, 2.24) is 15.2 Å². The molecule has 2 aromatic carbocycles. The number of para-hydroxylation sites is 1. The minimum atomic E-state index is -0.214. The molecule has 1 fully saturated rings. The van der Waals surface area contributed by atoms with E-state index in [2.05, 4.69) is 33.4 Å². The summed E-state index contributed by atoms with van der Waals surface area (Å²) in [5, 5.41) is 6.47. The minimum absolute atomic E-state index is 0.122. The lowest BCUT2D eigenvalue weighted by molar-refractivity contribution is -0.0122. The first-order valence-electron chi connectivity index (χ1n) is 11.3. The zero-order valence-electron chi connectivity index (χ0n) is 19.0. The predicted octanol–water partition coefficient (Wildman–Crippen LogP) is 4.19. The first-order valence-corrected chi connectivity index (χ1v) is 12.2. The Kier molecular flexibility index (Phi) is 6.19. The molecule has 2 aliphatic rings. The topological polar surface area (TPSA) is 63.7 Å². The van der Waals surface area contributed by atoms with E-state index in [1.54, 1.807) is 31.6 Å². The maximum absolute atomic E-state index is 13.3. The lowest BCUT2D eigenvalue weighted by Crippen LogP contribution is -2.50. The van der Waals surface area contributed by atoms with Crippen molar-refractivity contribution in [3.05, 3.63) is 81.8 Å². The van der Waals surface area contributed by atoms with Gasteiger partial charge in [0.25, 0.3) is 5.91 Å². The van der Waals surface area contributed by atoms with Crippen molar-refractivity contribution in [3.63, 3.8) is 0 Å². The number of carbonyl (C=O) groups is 1. The molecule has 0 bridgehead atoms. The third-order valence-electron chi connectivity index (χ3n) is 7.16. The number of rotatable bonds is 6. The molecule has 2 atom stereocenters. The van der Waals surface area contributed by atoms with Crippen molar-refractivity contribution in [3.8, 4) is 5.75 Å². The van der Waals surface area contributed by atoms with Crippen molar-refractivity contribution in [2.75, 3.05) is 27.3 Å². The van der Waals surface area contributed by atoms with Crippen LogP contribution in [0.4, 0.5) is 0 Å². The largest absolute Gasteiger partial charge is 0.496 e. The highest BCUT2D eigenvalue weighted by atomic mass is 32.1. The van der Waals surface area contributed by atoms with Crippen molar-refractivity contribution in [2.45, 2.75) is 36.9 Å². The Labute approximate surface area is 198 Å². The maximum atomic E-state index is 13.3. The van der Waals surface area contributed by atoms with Gasteiger partial charge in [0.1, 0.15) is 10.8 Å². The number of likely N-dealkylation sites (tertiary alicyclic amines) is 1. The van der Waals surface area contributed by atoms with Crippen molar-refractivity contribution in [2.24, 2.45) is 0 Å². The van der Waals surface area contributed by atoms with Gasteiger partial charge in [0.05, 0.1) is 31.4 Å². The van der Waals surface area contributed by atoms with Gasteiger partial charge in [-0.25, -0.2) is 4.98 Å². The average molecular weight is 464 g/mol. The van der Waals surface area contributed by atoms with Crippen molar-refractivity contribution >= 4 is 17.2 Å². The van der Waals surface area contributed by atoms with Crippen LogP contribution in [-0.4, -0.2) is 49.2 Å². The summed E-state index contributed by atoms with van der Waals surface area (Å²) in [6.07, 6.45) is 3.70. The Morgan fingerprint density at radius 1 is 1.15 bits per heavy atom. The average Bonchev–Trinajstić information content (AvgIpc) is 3.45. The van der Waals surface area contributed by atoms with Crippen LogP contribution in [0.3, 0.4) is 0 Å². The maximum Gasteiger partial charge on any atom is 0.255 e. The van der Waals surface area contributed by atoms with E-state index >= 15 is 0 Å². The van der Waals surface area contributed by atoms with Crippen LogP contribution in [0, 0.1) is 0 Å². The Morgan fingerprint density at radius 2 is 1.91 bits per heavy atom. The molecule has 1 aliphatic carbocycles. The molecule has 1 aromatic heterocycles. The van der Waals surface area contributed by atoms with Gasteiger partial charge in [-0.15, -0.1) is 11.3 Å². The lowest BCUT2D eigenvalue weighted by Gasteiger charge is -2.44. The summed E-state index contributed by atoms with van der Waals surface area (Å²) in [5.74, 6) is 0.424. The monoisotopic (exact) mass is 463 g/mol. The molecule has 1 spiro atoms. The molecule has 3 aromatic rings. The van der Waals surface area contributed by atoms with E-state index < -0.39 is 0 Å². The molecule has 0 unspecified atom stereocenters. The summed E-state index contributed by atoms with van der Waals surface area (Å²) in [6.45, 7) is 2.84. The van der Waals surface area contributed by atoms with E-state index in [9.17, 15) is 4.79 Å². The molecule has 0 saturated carbocycles. The van der Waals surface area contributed by atoms with Gasteiger partial charge >= 0.3 is 0 Å². The molecule has 5 rings (SSSR count). The normalized spacial score (nSPS) is 21.6. The first kappa shape index (κ1) is 22.1. The number of fused-ring (bicyclic) bond motifs is 2. The summed E-state index contributed by atoms with van der Waals surface area (Å²) in [6, 6.07) is 15.6. The summed E-state index contributed by atoms with van der Waals surface area (Å²) in [7, 11) is 3.35. The number of piperidine rings is 1. The fourth-order valence-electron chi connectivity index (χ4n) is 5.61. The van der Waals surface area contributed by atoms with E-state index in [0.29, 0.717) is 11.3 Å². The highest BCUT2D eigenvalue weighted by Crippen LogP contribution is 2.52. The molecular formula is C26H29N3O3S. The van der Waals surface area contributed by atoms with E-state index in [-0.39, 0.29) is 23.5 Å². The third-order valence-corrected chi connectivity index (χ3v) is 7.93. The number of nitrogens with one attached hydrogen (secondary N) is 1. The number of nitrogens with zero attached hydrogens (tertiary/aromatic N) is 2. The highest BCUT2D eigenvalue weighted by Gasteiger charge is 2.54. The smallest absolute Gasteiger partial charge is 0.255 e. The second kappa shape index (κ2) is 9.25. The van der Waals surface area contributed by atoms with Crippen LogP contribution < -0.4 is 10.1 Å². The zero-order chi connectivity index (χ0) is 22.8. The van der Waals surface area contributed by atoms with Crippen LogP contribution >= 0.6 is 11.3 Å². The van der Waals surface area contributed by atoms with E-state index in [1.165, 1.54) is 5.56 Å². The lowest BCUT2D eigenvalue weighted by atomic mass is 9.72. The number of hydrogen-bond acceptors (Lipinski definition) is 6. The third kappa shape index (κ3) is 3.94. The highest BCUT2D eigenvalue weighted by molar-refractivity contribution is 7.09. The number of aromatic nitrogens is 1. The van der Waals surface area contributed by atoms with E-state index in [1.807, 2.05) is 35.8 Å². The molecule has 1 aliphatic heterocycles. The number of benzene rings is 2. The Bertz CT molecular complexity index is 1110. The fraction of sp³-hybridized carbons (Fsp3) is 0.385. The summed E-state index contributed by atoms with van der Waals surface area (Å²) in [4.78, 5) is 20.2. The quantitative estimate of drug-likeness (QED) is 0.594. The Balaban J connectivity index is 1.41. The number of thiazole rings is 1. The second-order valence-corrected chi connectivity index (χ2v) is 9.73. The molecule has 2 heterocycles. The van der Waals surface area contributed by atoms with Crippen LogP contribution in [-0.2, 0) is 16.7 Å². The fourth-order valence-corrected chi connectivity index (χ4v) is 6.27. The molecule has 7 heteroatoms. The molecular weight excluding hydrogens is 434 g/mol. The van der Waals surface area contributed by atoms with Crippen molar-refractivity contribution < 1.29 is 14.3 Å². The number of carbonyl (C=O) groups excluding carboxylic acids is 1. The summed E-state index contributed by atoms with van der Waals surface area (Å²) >= 11 is 1.71. The van der Waals surface area contributed by atoms with Crippen LogP contribution in [0.25, 0.3) is 0 Å². The van der Waals surface area contributed by atoms with Gasteiger partial charge in [-0.2, -0.15) is 0 Å². The van der Waals surface area contributed by atoms with Crippen LogP contribution in [0.2, 0.25) is 0 Å². The van der Waals surface area contributed by atoms with Gasteiger partial charge in [-0.3, -0.25) is 9.69 Å². The number of methoxy groups -OCH3 is 2.